The van der Waals surface area contributed by atoms with Gasteiger partial charge in [0.05, 0.1) is 9.82 Å². The smallest absolute Gasteiger partial charge is 0.273 e. The number of piperidine rings is 1. The molecule has 2 heterocycles. The molecular weight excluding hydrogens is 390 g/mol. The summed E-state index contributed by atoms with van der Waals surface area (Å²) < 4.78 is 27.6. The SMILES string of the molecule is Cc1ccc(S(=O)(=O)N2CCC(N3c4ccccc4CC3C)CC2)cc1[N+](=O)[O-]. The summed E-state index contributed by atoms with van der Waals surface area (Å²) in [6, 6.07) is 13.3. The normalized spacial score (nSPS) is 20.6. The van der Waals surface area contributed by atoms with Gasteiger partial charge in [0.25, 0.3) is 5.69 Å². The molecule has 1 fully saturated rings. The molecule has 2 aromatic rings. The molecule has 0 bridgehead atoms. The lowest BCUT2D eigenvalue weighted by atomic mass is 10.0. The van der Waals surface area contributed by atoms with Gasteiger partial charge in [-0.1, -0.05) is 24.3 Å². The summed E-state index contributed by atoms with van der Waals surface area (Å²) in [5.41, 5.74) is 2.90. The Balaban J connectivity index is 1.51. The minimum Gasteiger partial charge on any atom is -0.365 e. The van der Waals surface area contributed by atoms with E-state index in [9.17, 15) is 18.5 Å². The Morgan fingerprint density at radius 2 is 1.79 bits per heavy atom. The molecule has 0 radical (unpaired) electrons. The van der Waals surface area contributed by atoms with Gasteiger partial charge in [-0.15, -0.1) is 0 Å². The van der Waals surface area contributed by atoms with E-state index in [4.69, 9.17) is 0 Å². The molecule has 0 N–H and O–H groups in total. The third-order valence-electron chi connectivity index (χ3n) is 6.09. The van der Waals surface area contributed by atoms with Crippen LogP contribution in [-0.4, -0.2) is 42.8 Å². The number of nitro benzene ring substituents is 1. The van der Waals surface area contributed by atoms with Crippen LogP contribution in [0.1, 0.15) is 30.9 Å². The number of nitro groups is 1. The number of sulfonamides is 1. The highest BCUT2D eigenvalue weighted by Crippen LogP contribution is 2.37. The highest BCUT2D eigenvalue weighted by atomic mass is 32.2. The van der Waals surface area contributed by atoms with Crippen molar-refractivity contribution in [3.05, 3.63) is 63.7 Å². The maximum Gasteiger partial charge on any atom is 0.273 e. The maximum absolute atomic E-state index is 13.1. The van der Waals surface area contributed by atoms with Crippen molar-refractivity contribution in [2.75, 3.05) is 18.0 Å². The Labute approximate surface area is 171 Å². The van der Waals surface area contributed by atoms with Gasteiger partial charge >= 0.3 is 0 Å². The van der Waals surface area contributed by atoms with Crippen LogP contribution in [0.3, 0.4) is 0 Å². The van der Waals surface area contributed by atoms with E-state index < -0.39 is 14.9 Å². The van der Waals surface area contributed by atoms with Crippen molar-refractivity contribution in [1.82, 2.24) is 4.31 Å². The zero-order valence-electron chi connectivity index (χ0n) is 16.6. The van der Waals surface area contributed by atoms with Gasteiger partial charge in [-0.25, -0.2) is 8.42 Å². The quantitative estimate of drug-likeness (QED) is 0.564. The van der Waals surface area contributed by atoms with Crippen molar-refractivity contribution >= 4 is 21.4 Å². The molecule has 0 spiro atoms. The second kappa shape index (κ2) is 7.42. The molecule has 1 atom stereocenters. The van der Waals surface area contributed by atoms with E-state index in [2.05, 4.69) is 30.0 Å². The van der Waals surface area contributed by atoms with Crippen LogP contribution < -0.4 is 4.90 Å². The zero-order valence-corrected chi connectivity index (χ0v) is 17.4. The number of nitrogens with zero attached hydrogens (tertiary/aromatic N) is 3. The van der Waals surface area contributed by atoms with E-state index in [0.717, 1.165) is 19.3 Å². The van der Waals surface area contributed by atoms with Crippen molar-refractivity contribution in [3.63, 3.8) is 0 Å². The van der Waals surface area contributed by atoms with Crippen molar-refractivity contribution in [2.24, 2.45) is 0 Å². The molecular formula is C21H25N3O4S. The highest BCUT2D eigenvalue weighted by Gasteiger charge is 2.36. The number of benzene rings is 2. The molecule has 0 aliphatic carbocycles. The fourth-order valence-electron chi connectivity index (χ4n) is 4.60. The van der Waals surface area contributed by atoms with Gasteiger partial charge in [0.1, 0.15) is 0 Å². The average molecular weight is 416 g/mol. The third kappa shape index (κ3) is 3.51. The Bertz CT molecular complexity index is 1050. The predicted molar refractivity (Wildman–Crippen MR) is 112 cm³/mol. The number of para-hydroxylation sites is 1. The molecule has 0 saturated carbocycles. The summed E-state index contributed by atoms with van der Waals surface area (Å²) in [4.78, 5) is 13.1. The van der Waals surface area contributed by atoms with E-state index in [-0.39, 0.29) is 10.6 Å². The number of hydrogen-bond donors (Lipinski definition) is 0. The van der Waals surface area contributed by atoms with Crippen LogP contribution in [0.15, 0.2) is 47.4 Å². The van der Waals surface area contributed by atoms with Crippen molar-refractivity contribution in [3.8, 4) is 0 Å². The van der Waals surface area contributed by atoms with Gasteiger partial charge in [-0.2, -0.15) is 4.31 Å². The van der Waals surface area contributed by atoms with Gasteiger partial charge < -0.3 is 4.90 Å². The van der Waals surface area contributed by atoms with Gasteiger partial charge in [0, 0.05) is 42.5 Å². The van der Waals surface area contributed by atoms with Crippen LogP contribution in [-0.2, 0) is 16.4 Å². The second-order valence-corrected chi connectivity index (χ2v) is 9.87. The molecule has 2 aliphatic heterocycles. The zero-order chi connectivity index (χ0) is 20.8. The van der Waals surface area contributed by atoms with Crippen LogP contribution >= 0.6 is 0 Å². The Hall–Kier alpha value is -2.45. The van der Waals surface area contributed by atoms with Gasteiger partial charge in [-0.05, 0) is 50.8 Å². The average Bonchev–Trinajstić information content (AvgIpc) is 3.03. The summed E-state index contributed by atoms with van der Waals surface area (Å²) in [5.74, 6) is 0. The molecule has 7 nitrogen and oxygen atoms in total. The largest absolute Gasteiger partial charge is 0.365 e. The molecule has 0 amide bonds. The van der Waals surface area contributed by atoms with E-state index in [1.165, 1.54) is 33.8 Å². The number of anilines is 1. The standard InChI is InChI=1S/C21H25N3O4S/c1-15-7-8-19(14-21(15)24(25)26)29(27,28)22-11-9-18(10-12-22)23-16(2)13-17-5-3-4-6-20(17)23/h3-8,14,16,18H,9-13H2,1-2H3. The Kier molecular flexibility index (Phi) is 5.08. The molecule has 29 heavy (non-hydrogen) atoms. The number of hydrogen-bond acceptors (Lipinski definition) is 5. The predicted octanol–water partition coefficient (Wildman–Crippen LogP) is 3.51. The lowest BCUT2D eigenvalue weighted by Gasteiger charge is -2.39. The summed E-state index contributed by atoms with van der Waals surface area (Å²) >= 11 is 0. The van der Waals surface area contributed by atoms with Crippen molar-refractivity contribution < 1.29 is 13.3 Å². The summed E-state index contributed by atoms with van der Waals surface area (Å²) in [7, 11) is -3.75. The first-order chi connectivity index (χ1) is 13.8. The van der Waals surface area contributed by atoms with Gasteiger partial charge in [0.2, 0.25) is 10.0 Å². The van der Waals surface area contributed by atoms with Crippen molar-refractivity contribution in [1.29, 1.82) is 0 Å². The summed E-state index contributed by atoms with van der Waals surface area (Å²) in [6.45, 7) is 4.66. The number of rotatable bonds is 4. The number of aryl methyl sites for hydroxylation is 1. The molecule has 0 aromatic heterocycles. The molecule has 2 aromatic carbocycles. The maximum atomic E-state index is 13.1. The van der Waals surface area contributed by atoms with Crippen molar-refractivity contribution in [2.45, 2.75) is 50.1 Å². The van der Waals surface area contributed by atoms with Crippen LogP contribution in [0.2, 0.25) is 0 Å². The molecule has 2 aliphatic rings. The third-order valence-corrected chi connectivity index (χ3v) is 7.99. The lowest BCUT2D eigenvalue weighted by molar-refractivity contribution is -0.385. The van der Waals surface area contributed by atoms with Crippen LogP contribution in [0.5, 0.6) is 0 Å². The lowest BCUT2D eigenvalue weighted by Crippen LogP contribution is -2.48. The molecule has 154 valence electrons. The minimum atomic E-state index is -3.75. The minimum absolute atomic E-state index is 0.00636. The van der Waals surface area contributed by atoms with Crippen LogP contribution in [0.25, 0.3) is 0 Å². The van der Waals surface area contributed by atoms with Gasteiger partial charge in [-0.3, -0.25) is 10.1 Å². The summed E-state index contributed by atoms with van der Waals surface area (Å²) in [6.07, 6.45) is 2.50. The molecule has 4 rings (SSSR count). The van der Waals surface area contributed by atoms with E-state index in [0.29, 0.717) is 30.7 Å². The highest BCUT2D eigenvalue weighted by molar-refractivity contribution is 7.89. The summed E-state index contributed by atoms with van der Waals surface area (Å²) in [5, 5.41) is 11.2. The van der Waals surface area contributed by atoms with Gasteiger partial charge in [0.15, 0.2) is 0 Å². The first-order valence-electron chi connectivity index (χ1n) is 9.90. The number of fused-ring (bicyclic) bond motifs is 1. The fraction of sp³-hybridized carbons (Fsp3) is 0.429. The van der Waals surface area contributed by atoms with Crippen LogP contribution in [0, 0.1) is 17.0 Å². The van der Waals surface area contributed by atoms with Crippen LogP contribution in [0.4, 0.5) is 11.4 Å². The Morgan fingerprint density at radius 3 is 2.48 bits per heavy atom. The fourth-order valence-corrected chi connectivity index (χ4v) is 6.09. The van der Waals surface area contributed by atoms with E-state index >= 15 is 0 Å². The van der Waals surface area contributed by atoms with E-state index in [1.54, 1.807) is 6.92 Å². The topological polar surface area (TPSA) is 83.8 Å². The monoisotopic (exact) mass is 415 g/mol. The molecule has 1 saturated heterocycles. The van der Waals surface area contributed by atoms with E-state index in [1.807, 2.05) is 6.07 Å². The molecule has 1 unspecified atom stereocenters. The first-order valence-corrected chi connectivity index (χ1v) is 11.3. The Morgan fingerprint density at radius 1 is 1.10 bits per heavy atom. The molecule has 8 heteroatoms. The first kappa shape index (κ1) is 19.8. The second-order valence-electron chi connectivity index (χ2n) is 7.93.